The smallest absolute Gasteiger partial charge is 0.187 e. The topological polar surface area (TPSA) is 102 Å². The highest BCUT2D eigenvalue weighted by molar-refractivity contribution is 5.19. The van der Waals surface area contributed by atoms with Gasteiger partial charge >= 0.3 is 0 Å². The summed E-state index contributed by atoms with van der Waals surface area (Å²) in [6, 6.07) is 60.1. The summed E-state index contributed by atoms with van der Waals surface area (Å²) in [6.45, 7) is 1.76. The molecule has 3 saturated heterocycles. The molecule has 11 atom stereocenters. The highest BCUT2D eigenvalue weighted by Gasteiger charge is 2.54. The standard InChI is InChI=1S/C55H58O11/c1-56-54-51(60-35-42-26-14-5-15-27-42)49(58-33-40-22-10-3-11-23-40)47(57-32-39-20-8-2-9-21-39)45(64-54)37-63-55-52(61-36-43-28-16-6-17-29-43)50(59-34-41-24-12-4-13-25-41)48-46(65-55)38-62-53(66-48)44-30-18-7-19-31-44/h2-31,45-55H,32-38H2,1H3/t45-,46-,47-,48-,49+,50+,51-,52+,53-,54+,55+/m1/s1. The maximum atomic E-state index is 6.92. The van der Waals surface area contributed by atoms with Crippen molar-refractivity contribution in [2.45, 2.75) is 101 Å². The Bertz CT molecular complexity index is 2170. The van der Waals surface area contributed by atoms with E-state index in [9.17, 15) is 0 Å². The van der Waals surface area contributed by atoms with Crippen molar-refractivity contribution in [1.82, 2.24) is 0 Å². The van der Waals surface area contributed by atoms with E-state index in [0.29, 0.717) is 26.4 Å². The Morgan fingerprint density at radius 3 is 1.24 bits per heavy atom. The van der Waals surface area contributed by atoms with Crippen molar-refractivity contribution in [3.05, 3.63) is 215 Å². The number of hydrogen-bond acceptors (Lipinski definition) is 11. The normalized spacial score (nSPS) is 27.5. The minimum absolute atomic E-state index is 0.0168. The van der Waals surface area contributed by atoms with E-state index in [1.54, 1.807) is 7.11 Å². The zero-order valence-corrected chi connectivity index (χ0v) is 37.1. The van der Waals surface area contributed by atoms with Gasteiger partial charge in [0.1, 0.15) is 48.8 Å². The molecule has 0 aromatic heterocycles. The second-order valence-electron chi connectivity index (χ2n) is 16.6. The summed E-state index contributed by atoms with van der Waals surface area (Å²) in [4.78, 5) is 0. The average Bonchev–Trinajstić information content (AvgIpc) is 3.39. The molecule has 0 bridgehead atoms. The van der Waals surface area contributed by atoms with Crippen LogP contribution < -0.4 is 0 Å². The molecule has 0 spiro atoms. The third-order valence-electron chi connectivity index (χ3n) is 12.0. The molecule has 9 rings (SSSR count). The summed E-state index contributed by atoms with van der Waals surface area (Å²) in [6.07, 6.45) is -7.59. The summed E-state index contributed by atoms with van der Waals surface area (Å²) in [7, 11) is 1.61. The van der Waals surface area contributed by atoms with Crippen molar-refractivity contribution in [3.63, 3.8) is 0 Å². The SMILES string of the molecule is CO[C@H]1O[C@H](CO[C@H]2O[C@@H]3CO[C@@H](c4ccccc4)O[C@H]3[C@H](OCc3ccccc3)[C@@H]2OCc2ccccc2)[C@@H](OCc2ccccc2)[C@H](OCc2ccccc2)[C@H]1OCc1ccccc1. The second kappa shape index (κ2) is 23.6. The average molecular weight is 895 g/mol. The fourth-order valence-corrected chi connectivity index (χ4v) is 8.62. The molecule has 0 unspecified atom stereocenters. The Balaban J connectivity index is 1.02. The van der Waals surface area contributed by atoms with Gasteiger partial charge in [0.2, 0.25) is 0 Å². The third-order valence-corrected chi connectivity index (χ3v) is 12.0. The van der Waals surface area contributed by atoms with Crippen molar-refractivity contribution in [1.29, 1.82) is 0 Å². The minimum Gasteiger partial charge on any atom is -0.368 e. The van der Waals surface area contributed by atoms with Crippen LogP contribution >= 0.6 is 0 Å². The number of ether oxygens (including phenoxy) is 11. The van der Waals surface area contributed by atoms with Crippen molar-refractivity contribution in [2.24, 2.45) is 0 Å². The van der Waals surface area contributed by atoms with Crippen LogP contribution in [0, 0.1) is 0 Å². The molecule has 3 aliphatic rings. The van der Waals surface area contributed by atoms with Gasteiger partial charge in [-0.15, -0.1) is 0 Å². The van der Waals surface area contributed by atoms with Crippen molar-refractivity contribution in [3.8, 4) is 0 Å². The highest BCUT2D eigenvalue weighted by atomic mass is 16.8. The molecule has 0 amide bonds. The number of rotatable bonds is 20. The van der Waals surface area contributed by atoms with E-state index in [1.807, 2.05) is 182 Å². The van der Waals surface area contributed by atoms with Crippen LogP contribution in [0.4, 0.5) is 0 Å². The van der Waals surface area contributed by atoms with E-state index in [1.165, 1.54) is 0 Å². The first-order valence-electron chi connectivity index (χ1n) is 22.7. The minimum atomic E-state index is -0.939. The van der Waals surface area contributed by atoms with E-state index in [0.717, 1.165) is 33.4 Å². The van der Waals surface area contributed by atoms with Crippen LogP contribution in [0.1, 0.15) is 39.7 Å². The van der Waals surface area contributed by atoms with E-state index in [-0.39, 0.29) is 19.8 Å². The van der Waals surface area contributed by atoms with Crippen molar-refractivity contribution >= 4 is 0 Å². The van der Waals surface area contributed by atoms with Gasteiger partial charge in [-0.1, -0.05) is 182 Å². The summed E-state index contributed by atoms with van der Waals surface area (Å²) in [5.41, 5.74) is 5.91. The van der Waals surface area contributed by atoms with E-state index < -0.39 is 67.7 Å². The Kier molecular flexibility index (Phi) is 16.4. The zero-order chi connectivity index (χ0) is 44.8. The second-order valence-corrected chi connectivity index (χ2v) is 16.6. The molecule has 6 aromatic rings. The highest BCUT2D eigenvalue weighted by Crippen LogP contribution is 2.38. The number of benzene rings is 6. The monoisotopic (exact) mass is 894 g/mol. The lowest BCUT2D eigenvalue weighted by atomic mass is 9.96. The molecule has 66 heavy (non-hydrogen) atoms. The molecule has 6 aromatic carbocycles. The van der Waals surface area contributed by atoms with E-state index >= 15 is 0 Å². The Morgan fingerprint density at radius 2 is 0.788 bits per heavy atom. The first-order valence-corrected chi connectivity index (χ1v) is 22.7. The van der Waals surface area contributed by atoms with Gasteiger partial charge in [-0.2, -0.15) is 0 Å². The molecule has 0 aliphatic carbocycles. The maximum absolute atomic E-state index is 6.92. The van der Waals surface area contributed by atoms with E-state index in [2.05, 4.69) is 0 Å². The van der Waals surface area contributed by atoms with Gasteiger partial charge in [0.05, 0.1) is 46.2 Å². The van der Waals surface area contributed by atoms with Crippen LogP contribution in [0.15, 0.2) is 182 Å². The third kappa shape index (κ3) is 12.1. The lowest BCUT2D eigenvalue weighted by Crippen LogP contribution is -2.65. The fourth-order valence-electron chi connectivity index (χ4n) is 8.62. The summed E-state index contributed by atoms with van der Waals surface area (Å²) in [5.74, 6) is 0. The fraction of sp³-hybridized carbons (Fsp3) is 0.345. The van der Waals surface area contributed by atoms with Gasteiger partial charge in [0.15, 0.2) is 18.9 Å². The zero-order valence-electron chi connectivity index (χ0n) is 37.1. The molecule has 0 N–H and O–H groups in total. The number of fused-ring (bicyclic) bond motifs is 1. The van der Waals surface area contributed by atoms with Crippen LogP contribution in [-0.2, 0) is 85.1 Å². The van der Waals surface area contributed by atoms with Gasteiger partial charge in [0, 0.05) is 12.7 Å². The molecule has 344 valence electrons. The molecule has 11 heteroatoms. The Morgan fingerprint density at radius 1 is 0.394 bits per heavy atom. The molecule has 0 radical (unpaired) electrons. The molecule has 3 heterocycles. The maximum Gasteiger partial charge on any atom is 0.187 e. The van der Waals surface area contributed by atoms with E-state index in [4.69, 9.17) is 52.1 Å². The Labute approximate surface area is 387 Å². The predicted octanol–water partition coefficient (Wildman–Crippen LogP) is 9.14. The largest absolute Gasteiger partial charge is 0.368 e. The summed E-state index contributed by atoms with van der Waals surface area (Å²) < 4.78 is 73.9. The lowest BCUT2D eigenvalue weighted by Gasteiger charge is -2.49. The van der Waals surface area contributed by atoms with Gasteiger partial charge in [-0.05, 0) is 27.8 Å². The molecule has 11 nitrogen and oxygen atoms in total. The van der Waals surface area contributed by atoms with Gasteiger partial charge in [-0.25, -0.2) is 0 Å². The molecule has 0 saturated carbocycles. The Hall–Kier alpha value is -5.12. The van der Waals surface area contributed by atoms with Crippen LogP contribution in [0.2, 0.25) is 0 Å². The predicted molar refractivity (Wildman–Crippen MR) is 245 cm³/mol. The quantitative estimate of drug-likeness (QED) is 0.0734. The summed E-state index contributed by atoms with van der Waals surface area (Å²) >= 11 is 0. The van der Waals surface area contributed by atoms with Gasteiger partial charge in [-0.3, -0.25) is 0 Å². The first-order chi connectivity index (χ1) is 32.7. The summed E-state index contributed by atoms with van der Waals surface area (Å²) in [5, 5.41) is 0. The number of hydrogen-bond donors (Lipinski definition) is 0. The van der Waals surface area contributed by atoms with Crippen molar-refractivity contribution < 1.29 is 52.1 Å². The lowest BCUT2D eigenvalue weighted by molar-refractivity contribution is -0.379. The van der Waals surface area contributed by atoms with Gasteiger partial charge in [0.25, 0.3) is 0 Å². The van der Waals surface area contributed by atoms with Crippen LogP contribution in [0.5, 0.6) is 0 Å². The van der Waals surface area contributed by atoms with Gasteiger partial charge < -0.3 is 52.1 Å². The molecular formula is C55H58O11. The first kappa shape index (κ1) is 46.0. The molecule has 3 fully saturated rings. The van der Waals surface area contributed by atoms with Crippen LogP contribution in [0.3, 0.4) is 0 Å². The number of methoxy groups -OCH3 is 1. The molecular weight excluding hydrogens is 837 g/mol. The van der Waals surface area contributed by atoms with Crippen LogP contribution in [0.25, 0.3) is 0 Å². The van der Waals surface area contributed by atoms with Crippen LogP contribution in [-0.4, -0.2) is 81.7 Å². The molecule has 3 aliphatic heterocycles. The van der Waals surface area contributed by atoms with Crippen molar-refractivity contribution in [2.75, 3.05) is 20.3 Å².